The molecule has 0 aromatic heterocycles. The minimum Gasteiger partial charge on any atom is -0.486 e. The van der Waals surface area contributed by atoms with E-state index in [2.05, 4.69) is 5.32 Å². The van der Waals surface area contributed by atoms with E-state index in [0.717, 1.165) is 5.56 Å². The summed E-state index contributed by atoms with van der Waals surface area (Å²) in [5.41, 5.74) is 6.43. The van der Waals surface area contributed by atoms with Crippen LogP contribution in [0.15, 0.2) is 12.1 Å². The van der Waals surface area contributed by atoms with Crippen LogP contribution in [0.1, 0.15) is 18.9 Å². The second kappa shape index (κ2) is 7.57. The predicted molar refractivity (Wildman–Crippen MR) is 79.8 cm³/mol. The molecule has 3 N–H and O–H groups in total. The number of hydrogen-bond donors (Lipinski definition) is 2. The average Bonchev–Trinajstić information content (AvgIpc) is 2.36. The lowest BCUT2D eigenvalue weighted by Gasteiger charge is -2.20. The number of carbonyl (C=O) groups excluding carboxylic acids is 1. The summed E-state index contributed by atoms with van der Waals surface area (Å²) >= 11 is 6.11. The lowest BCUT2D eigenvalue weighted by Crippen LogP contribution is -2.29. The average molecular weight is 321 g/mol. The summed E-state index contributed by atoms with van der Waals surface area (Å²) < 4.78 is 10.9. The van der Waals surface area contributed by atoms with Gasteiger partial charge in [-0.3, -0.25) is 4.79 Å². The molecule has 0 saturated carbocycles. The number of nitrogens with two attached hydrogens (primary N) is 1. The van der Waals surface area contributed by atoms with Crippen molar-refractivity contribution in [3.05, 3.63) is 22.7 Å². The zero-order valence-corrected chi connectivity index (χ0v) is 12.7. The minimum absolute atomic E-state index is 0. The molecule has 1 aliphatic rings. The smallest absolute Gasteiger partial charge is 0.221 e. The SMILES string of the molecule is CC(N)CC(=O)NCc1cc(Cl)c2c(c1)OCCO2.Cl. The first-order valence-electron chi connectivity index (χ1n) is 6.16. The van der Waals surface area contributed by atoms with Crippen LogP contribution in [-0.4, -0.2) is 25.2 Å². The van der Waals surface area contributed by atoms with Crippen molar-refractivity contribution in [2.75, 3.05) is 13.2 Å². The molecule has 112 valence electrons. The van der Waals surface area contributed by atoms with Crippen LogP contribution in [0, 0.1) is 0 Å². The summed E-state index contributed by atoms with van der Waals surface area (Å²) in [5, 5.41) is 3.28. The normalized spacial score (nSPS) is 14.2. The van der Waals surface area contributed by atoms with Crippen LogP contribution < -0.4 is 20.5 Å². The molecule has 5 nitrogen and oxygen atoms in total. The molecule has 1 aromatic carbocycles. The van der Waals surface area contributed by atoms with Gasteiger partial charge in [0.15, 0.2) is 11.5 Å². The maximum Gasteiger partial charge on any atom is 0.221 e. The first-order chi connectivity index (χ1) is 9.06. The molecule has 1 aromatic rings. The number of benzene rings is 1. The van der Waals surface area contributed by atoms with E-state index in [1.54, 1.807) is 13.0 Å². The predicted octanol–water partition coefficient (Wildman–Crippen LogP) is 1.89. The maximum absolute atomic E-state index is 11.5. The number of halogens is 2. The molecule has 1 unspecified atom stereocenters. The van der Waals surface area contributed by atoms with Crippen LogP contribution in [0.5, 0.6) is 11.5 Å². The molecular weight excluding hydrogens is 303 g/mol. The van der Waals surface area contributed by atoms with E-state index in [1.807, 2.05) is 6.07 Å². The minimum atomic E-state index is -0.149. The van der Waals surface area contributed by atoms with E-state index < -0.39 is 0 Å². The summed E-state index contributed by atoms with van der Waals surface area (Å²) in [4.78, 5) is 11.5. The molecule has 1 heterocycles. The Morgan fingerprint density at radius 2 is 2.15 bits per heavy atom. The topological polar surface area (TPSA) is 73.6 Å². The molecule has 0 saturated heterocycles. The van der Waals surface area contributed by atoms with Gasteiger partial charge in [-0.2, -0.15) is 0 Å². The van der Waals surface area contributed by atoms with Crippen LogP contribution in [0.4, 0.5) is 0 Å². The van der Waals surface area contributed by atoms with Gasteiger partial charge in [-0.25, -0.2) is 0 Å². The molecule has 0 fully saturated rings. The van der Waals surface area contributed by atoms with Crippen LogP contribution in [0.3, 0.4) is 0 Å². The molecule has 0 radical (unpaired) electrons. The Morgan fingerprint density at radius 1 is 1.45 bits per heavy atom. The first-order valence-corrected chi connectivity index (χ1v) is 6.54. The van der Waals surface area contributed by atoms with E-state index in [0.29, 0.717) is 42.7 Å². The van der Waals surface area contributed by atoms with Gasteiger partial charge in [-0.15, -0.1) is 12.4 Å². The third-order valence-electron chi connectivity index (χ3n) is 2.65. The van der Waals surface area contributed by atoms with Gasteiger partial charge in [0.2, 0.25) is 5.91 Å². The Balaban J connectivity index is 0.00000200. The third kappa shape index (κ3) is 4.44. The standard InChI is InChI=1S/C13H17ClN2O3.ClH/c1-8(15)4-12(17)16-7-9-5-10(14)13-11(6-9)18-2-3-19-13;/h5-6,8H,2-4,7,15H2,1H3,(H,16,17);1H. The van der Waals surface area contributed by atoms with E-state index in [9.17, 15) is 4.79 Å². The van der Waals surface area contributed by atoms with Gasteiger partial charge in [0.25, 0.3) is 0 Å². The molecule has 1 aliphatic heterocycles. The van der Waals surface area contributed by atoms with Crippen molar-refractivity contribution in [3.63, 3.8) is 0 Å². The molecule has 7 heteroatoms. The highest BCUT2D eigenvalue weighted by Crippen LogP contribution is 2.38. The van der Waals surface area contributed by atoms with Gasteiger partial charge < -0.3 is 20.5 Å². The van der Waals surface area contributed by atoms with Gasteiger partial charge in [-0.1, -0.05) is 11.6 Å². The van der Waals surface area contributed by atoms with Gasteiger partial charge in [0, 0.05) is 19.0 Å². The Morgan fingerprint density at radius 3 is 2.85 bits per heavy atom. The Labute approximate surface area is 129 Å². The quantitative estimate of drug-likeness (QED) is 0.888. The number of amides is 1. The van der Waals surface area contributed by atoms with Crippen LogP contribution in [-0.2, 0) is 11.3 Å². The fraction of sp³-hybridized carbons (Fsp3) is 0.462. The number of rotatable bonds is 4. The van der Waals surface area contributed by atoms with E-state index in [-0.39, 0.29) is 24.4 Å². The molecule has 0 bridgehead atoms. The Kier molecular flexibility index (Phi) is 6.39. The second-order valence-electron chi connectivity index (χ2n) is 4.56. The molecule has 1 amide bonds. The summed E-state index contributed by atoms with van der Waals surface area (Å²) in [6.45, 7) is 3.18. The summed E-state index contributed by atoms with van der Waals surface area (Å²) in [7, 11) is 0. The van der Waals surface area contributed by atoms with Crippen molar-refractivity contribution in [2.24, 2.45) is 5.73 Å². The van der Waals surface area contributed by atoms with Crippen molar-refractivity contribution in [1.29, 1.82) is 0 Å². The van der Waals surface area contributed by atoms with Crippen LogP contribution >= 0.6 is 24.0 Å². The fourth-order valence-electron chi connectivity index (χ4n) is 1.83. The molecule has 0 aliphatic carbocycles. The largest absolute Gasteiger partial charge is 0.486 e. The second-order valence-corrected chi connectivity index (χ2v) is 4.97. The number of carbonyl (C=O) groups is 1. The van der Waals surface area contributed by atoms with Crippen LogP contribution in [0.25, 0.3) is 0 Å². The zero-order valence-electron chi connectivity index (χ0n) is 11.1. The molecule has 0 spiro atoms. The van der Waals surface area contributed by atoms with Crippen molar-refractivity contribution >= 4 is 29.9 Å². The number of hydrogen-bond acceptors (Lipinski definition) is 4. The van der Waals surface area contributed by atoms with E-state index in [4.69, 9.17) is 26.8 Å². The summed E-state index contributed by atoms with van der Waals surface area (Å²) in [5.74, 6) is 1.11. The van der Waals surface area contributed by atoms with Gasteiger partial charge in [-0.05, 0) is 24.6 Å². The Hall–Kier alpha value is -1.17. The van der Waals surface area contributed by atoms with Gasteiger partial charge in [0.1, 0.15) is 13.2 Å². The maximum atomic E-state index is 11.5. The van der Waals surface area contributed by atoms with E-state index >= 15 is 0 Å². The van der Waals surface area contributed by atoms with Crippen molar-refractivity contribution in [3.8, 4) is 11.5 Å². The lowest BCUT2D eigenvalue weighted by molar-refractivity contribution is -0.121. The van der Waals surface area contributed by atoms with Crippen molar-refractivity contribution < 1.29 is 14.3 Å². The van der Waals surface area contributed by atoms with Gasteiger partial charge in [0.05, 0.1) is 5.02 Å². The zero-order chi connectivity index (χ0) is 13.8. The molecule has 1 atom stereocenters. The van der Waals surface area contributed by atoms with E-state index in [1.165, 1.54) is 0 Å². The molecule has 20 heavy (non-hydrogen) atoms. The monoisotopic (exact) mass is 320 g/mol. The first kappa shape index (κ1) is 16.9. The molecule has 2 rings (SSSR count). The number of ether oxygens (including phenoxy) is 2. The highest BCUT2D eigenvalue weighted by atomic mass is 35.5. The highest BCUT2D eigenvalue weighted by molar-refractivity contribution is 6.32. The third-order valence-corrected chi connectivity index (χ3v) is 2.93. The number of fused-ring (bicyclic) bond motifs is 1. The Bertz CT molecular complexity index is 481. The summed E-state index contributed by atoms with van der Waals surface area (Å²) in [6, 6.07) is 3.44. The summed E-state index contributed by atoms with van der Waals surface area (Å²) in [6.07, 6.45) is 0.304. The van der Waals surface area contributed by atoms with Crippen molar-refractivity contribution in [1.82, 2.24) is 5.32 Å². The number of nitrogens with one attached hydrogen (secondary N) is 1. The van der Waals surface area contributed by atoms with Gasteiger partial charge >= 0.3 is 0 Å². The van der Waals surface area contributed by atoms with Crippen LogP contribution in [0.2, 0.25) is 5.02 Å². The fourth-order valence-corrected chi connectivity index (χ4v) is 2.12. The van der Waals surface area contributed by atoms with Crippen molar-refractivity contribution in [2.45, 2.75) is 25.9 Å². The highest BCUT2D eigenvalue weighted by Gasteiger charge is 2.16. The lowest BCUT2D eigenvalue weighted by atomic mass is 10.2. The molecular formula is C13H18Cl2N2O3.